The van der Waals surface area contributed by atoms with Crippen molar-refractivity contribution in [3.05, 3.63) is 12.8 Å². The fourth-order valence-corrected chi connectivity index (χ4v) is 0.742. The van der Waals surface area contributed by atoms with Crippen molar-refractivity contribution in [2.24, 2.45) is 0 Å². The summed E-state index contributed by atoms with van der Waals surface area (Å²) in [7, 11) is 3.98. The Labute approximate surface area is 68.1 Å². The molecule has 0 aliphatic heterocycles. The highest BCUT2D eigenvalue weighted by Gasteiger charge is 1.97. The number of hydrogen-bond acceptors (Lipinski definition) is 2. The van der Waals surface area contributed by atoms with Gasteiger partial charge in [0, 0.05) is 6.42 Å². The van der Waals surface area contributed by atoms with Gasteiger partial charge in [-0.25, -0.2) is 0 Å². The van der Waals surface area contributed by atoms with Crippen LogP contribution >= 0.6 is 0 Å². The van der Waals surface area contributed by atoms with E-state index < -0.39 is 0 Å². The van der Waals surface area contributed by atoms with Crippen LogP contribution in [-0.4, -0.2) is 31.4 Å². The highest BCUT2D eigenvalue weighted by atomic mass is 16.1. The van der Waals surface area contributed by atoms with Gasteiger partial charge in [-0.1, -0.05) is 6.58 Å². The molecule has 1 N–H and O–H groups in total. The molecule has 0 rings (SSSR count). The lowest BCUT2D eigenvalue weighted by Gasteiger charge is -2.07. The summed E-state index contributed by atoms with van der Waals surface area (Å²) in [5.74, 6) is 0.0434. The molecule has 0 aromatic carbocycles. The van der Waals surface area contributed by atoms with Crippen LogP contribution in [-0.2, 0) is 4.79 Å². The van der Waals surface area contributed by atoms with Gasteiger partial charge in [-0.05, 0) is 33.3 Å². The van der Waals surface area contributed by atoms with Gasteiger partial charge in [0.25, 0.3) is 0 Å². The molecule has 0 saturated carbocycles. The lowest BCUT2D eigenvalue weighted by molar-refractivity contribution is -0.120. The fraction of sp³-hybridized carbons (Fsp3) is 0.625. The predicted molar refractivity (Wildman–Crippen MR) is 46.1 cm³/mol. The van der Waals surface area contributed by atoms with Crippen LogP contribution in [0.2, 0.25) is 0 Å². The van der Waals surface area contributed by atoms with E-state index in [-0.39, 0.29) is 5.91 Å². The summed E-state index contributed by atoms with van der Waals surface area (Å²) in [5.41, 5.74) is 0. The predicted octanol–water partition coefficient (Wildman–Crippen LogP) is 0.588. The van der Waals surface area contributed by atoms with Crippen LogP contribution in [0.4, 0.5) is 0 Å². The molecular weight excluding hydrogens is 140 g/mol. The minimum atomic E-state index is 0.0434. The van der Waals surface area contributed by atoms with Gasteiger partial charge in [-0.2, -0.15) is 0 Å². The first-order chi connectivity index (χ1) is 5.16. The standard InChI is InChI=1S/C8H16N2O/c1-4-9-8(11)6-5-7-10(2)3/h4H,1,5-7H2,2-3H3,(H,9,11). The van der Waals surface area contributed by atoms with Crippen LogP contribution < -0.4 is 5.32 Å². The normalized spacial score (nSPS) is 9.73. The molecule has 0 fully saturated rings. The molecule has 0 saturated heterocycles. The third-order valence-electron chi connectivity index (χ3n) is 1.27. The van der Waals surface area contributed by atoms with Crippen LogP contribution in [0.15, 0.2) is 12.8 Å². The summed E-state index contributed by atoms with van der Waals surface area (Å²) < 4.78 is 0. The second-order valence-corrected chi connectivity index (χ2v) is 2.68. The molecular formula is C8H16N2O. The molecule has 0 atom stereocenters. The number of nitrogens with one attached hydrogen (secondary N) is 1. The second kappa shape index (κ2) is 5.92. The fourth-order valence-electron chi connectivity index (χ4n) is 0.742. The maximum atomic E-state index is 10.8. The first kappa shape index (κ1) is 10.2. The molecule has 0 aliphatic rings. The first-order valence-electron chi connectivity index (χ1n) is 3.72. The van der Waals surface area contributed by atoms with Gasteiger partial charge in [-0.15, -0.1) is 0 Å². The lowest BCUT2D eigenvalue weighted by Crippen LogP contribution is -2.19. The Kier molecular flexibility index (Phi) is 5.47. The van der Waals surface area contributed by atoms with E-state index >= 15 is 0 Å². The van der Waals surface area contributed by atoms with Gasteiger partial charge in [0.05, 0.1) is 0 Å². The van der Waals surface area contributed by atoms with E-state index in [0.717, 1.165) is 13.0 Å². The quantitative estimate of drug-likeness (QED) is 0.631. The van der Waals surface area contributed by atoms with Crippen LogP contribution in [0.1, 0.15) is 12.8 Å². The summed E-state index contributed by atoms with van der Waals surface area (Å²) in [6.45, 7) is 4.35. The Bertz CT molecular complexity index is 132. The summed E-state index contributed by atoms with van der Waals surface area (Å²) in [4.78, 5) is 12.9. The van der Waals surface area contributed by atoms with Crippen molar-refractivity contribution in [2.45, 2.75) is 12.8 Å². The Morgan fingerprint density at radius 2 is 2.27 bits per heavy atom. The SMILES string of the molecule is C=CNC(=O)CCCN(C)C. The van der Waals surface area contributed by atoms with E-state index in [4.69, 9.17) is 0 Å². The summed E-state index contributed by atoms with van der Waals surface area (Å²) in [6.07, 6.45) is 2.88. The van der Waals surface area contributed by atoms with Crippen molar-refractivity contribution in [3.63, 3.8) is 0 Å². The van der Waals surface area contributed by atoms with Gasteiger partial charge in [-0.3, -0.25) is 4.79 Å². The smallest absolute Gasteiger partial charge is 0.223 e. The molecule has 0 aliphatic carbocycles. The molecule has 64 valence electrons. The minimum absolute atomic E-state index is 0.0434. The summed E-state index contributed by atoms with van der Waals surface area (Å²) >= 11 is 0. The highest BCUT2D eigenvalue weighted by molar-refractivity contribution is 5.76. The monoisotopic (exact) mass is 156 g/mol. The summed E-state index contributed by atoms with van der Waals surface area (Å²) in [5, 5.41) is 2.53. The molecule has 3 nitrogen and oxygen atoms in total. The summed E-state index contributed by atoms with van der Waals surface area (Å²) in [6, 6.07) is 0. The molecule has 11 heavy (non-hydrogen) atoms. The van der Waals surface area contributed by atoms with E-state index in [0.29, 0.717) is 6.42 Å². The molecule has 0 aromatic heterocycles. The Hall–Kier alpha value is -0.830. The van der Waals surface area contributed by atoms with Gasteiger partial charge < -0.3 is 10.2 Å². The molecule has 0 spiro atoms. The average Bonchev–Trinajstić information content (AvgIpc) is 1.87. The number of carbonyl (C=O) groups is 1. The van der Waals surface area contributed by atoms with Crippen molar-refractivity contribution in [2.75, 3.05) is 20.6 Å². The number of nitrogens with zero attached hydrogens (tertiary/aromatic N) is 1. The van der Waals surface area contributed by atoms with Crippen molar-refractivity contribution in [1.82, 2.24) is 10.2 Å². The number of hydrogen-bond donors (Lipinski definition) is 1. The maximum Gasteiger partial charge on any atom is 0.223 e. The zero-order chi connectivity index (χ0) is 8.69. The number of rotatable bonds is 5. The van der Waals surface area contributed by atoms with Crippen molar-refractivity contribution < 1.29 is 4.79 Å². The van der Waals surface area contributed by atoms with Gasteiger partial charge >= 0.3 is 0 Å². The van der Waals surface area contributed by atoms with Gasteiger partial charge in [0.2, 0.25) is 5.91 Å². The highest BCUT2D eigenvalue weighted by Crippen LogP contribution is 1.89. The Morgan fingerprint density at radius 3 is 2.73 bits per heavy atom. The van der Waals surface area contributed by atoms with Crippen molar-refractivity contribution in [1.29, 1.82) is 0 Å². The average molecular weight is 156 g/mol. The van der Waals surface area contributed by atoms with Crippen LogP contribution in [0, 0.1) is 0 Å². The van der Waals surface area contributed by atoms with Crippen LogP contribution in [0.3, 0.4) is 0 Å². The molecule has 0 unspecified atom stereocenters. The lowest BCUT2D eigenvalue weighted by atomic mass is 10.3. The van der Waals surface area contributed by atoms with E-state index in [1.54, 1.807) is 0 Å². The van der Waals surface area contributed by atoms with E-state index in [1.807, 2.05) is 14.1 Å². The Balaban J connectivity index is 3.24. The van der Waals surface area contributed by atoms with E-state index in [9.17, 15) is 4.79 Å². The zero-order valence-corrected chi connectivity index (χ0v) is 7.26. The van der Waals surface area contributed by atoms with Crippen molar-refractivity contribution in [3.8, 4) is 0 Å². The molecule has 0 bridgehead atoms. The van der Waals surface area contributed by atoms with Crippen LogP contribution in [0.25, 0.3) is 0 Å². The maximum absolute atomic E-state index is 10.8. The number of amides is 1. The molecule has 1 amide bonds. The molecule has 0 heterocycles. The van der Waals surface area contributed by atoms with E-state index in [2.05, 4.69) is 16.8 Å². The number of carbonyl (C=O) groups excluding carboxylic acids is 1. The zero-order valence-electron chi connectivity index (χ0n) is 7.26. The molecule has 3 heteroatoms. The van der Waals surface area contributed by atoms with E-state index in [1.165, 1.54) is 6.20 Å². The third-order valence-corrected chi connectivity index (χ3v) is 1.27. The third kappa shape index (κ3) is 7.06. The largest absolute Gasteiger partial charge is 0.333 e. The second-order valence-electron chi connectivity index (χ2n) is 2.68. The van der Waals surface area contributed by atoms with Gasteiger partial charge in [0.15, 0.2) is 0 Å². The minimum Gasteiger partial charge on any atom is -0.333 e. The van der Waals surface area contributed by atoms with Crippen LogP contribution in [0.5, 0.6) is 0 Å². The molecule has 0 radical (unpaired) electrons. The van der Waals surface area contributed by atoms with Gasteiger partial charge in [0.1, 0.15) is 0 Å². The van der Waals surface area contributed by atoms with Crippen molar-refractivity contribution >= 4 is 5.91 Å². The molecule has 0 aromatic rings. The first-order valence-corrected chi connectivity index (χ1v) is 3.72. The topological polar surface area (TPSA) is 32.3 Å². The Morgan fingerprint density at radius 1 is 1.64 bits per heavy atom.